The van der Waals surface area contributed by atoms with Crippen LogP contribution in [0.4, 0.5) is 11.4 Å². The van der Waals surface area contributed by atoms with Crippen molar-refractivity contribution in [2.24, 2.45) is 0 Å². The van der Waals surface area contributed by atoms with Crippen LogP contribution in [-0.2, 0) is 14.3 Å². The minimum atomic E-state index is -0.324. The van der Waals surface area contributed by atoms with Crippen LogP contribution < -0.4 is 10.2 Å². The Kier molecular flexibility index (Phi) is 3.69. The van der Waals surface area contributed by atoms with Crippen LogP contribution in [0.2, 0.25) is 0 Å². The predicted molar refractivity (Wildman–Crippen MR) is 75.6 cm³/mol. The van der Waals surface area contributed by atoms with Crippen LogP contribution in [0.15, 0.2) is 24.3 Å². The Hall–Kier alpha value is -1.88. The van der Waals surface area contributed by atoms with Crippen LogP contribution in [-0.4, -0.2) is 31.1 Å². The summed E-state index contributed by atoms with van der Waals surface area (Å²) in [6.45, 7) is 1.44. The van der Waals surface area contributed by atoms with Gasteiger partial charge in [0.1, 0.15) is 6.10 Å². The number of benzene rings is 1. The Morgan fingerprint density at radius 1 is 1.25 bits per heavy atom. The van der Waals surface area contributed by atoms with Crippen molar-refractivity contribution in [2.45, 2.75) is 31.8 Å². The summed E-state index contributed by atoms with van der Waals surface area (Å²) >= 11 is 0. The fourth-order valence-electron chi connectivity index (χ4n) is 2.65. The third-order valence-corrected chi connectivity index (χ3v) is 3.74. The summed E-state index contributed by atoms with van der Waals surface area (Å²) in [7, 11) is 0. The minimum absolute atomic E-state index is 0.0903. The van der Waals surface area contributed by atoms with Crippen LogP contribution in [0, 0.1) is 0 Å². The highest BCUT2D eigenvalue weighted by Gasteiger charge is 2.24. The number of nitrogens with one attached hydrogen (secondary N) is 1. The van der Waals surface area contributed by atoms with Gasteiger partial charge in [-0.15, -0.1) is 0 Å². The largest absolute Gasteiger partial charge is 0.368 e. The van der Waals surface area contributed by atoms with Gasteiger partial charge in [-0.25, -0.2) is 0 Å². The van der Waals surface area contributed by atoms with Gasteiger partial charge in [0.05, 0.1) is 0 Å². The van der Waals surface area contributed by atoms with Crippen LogP contribution >= 0.6 is 0 Å². The summed E-state index contributed by atoms with van der Waals surface area (Å²) in [5.74, 6) is 0.0774. The Labute approximate surface area is 117 Å². The van der Waals surface area contributed by atoms with Gasteiger partial charge >= 0.3 is 0 Å². The van der Waals surface area contributed by atoms with Crippen molar-refractivity contribution in [3.63, 3.8) is 0 Å². The van der Waals surface area contributed by atoms with Crippen LogP contribution in [0.5, 0.6) is 0 Å². The van der Waals surface area contributed by atoms with Gasteiger partial charge in [0.2, 0.25) is 5.91 Å². The fourth-order valence-corrected chi connectivity index (χ4v) is 2.65. The van der Waals surface area contributed by atoms with E-state index in [0.29, 0.717) is 13.0 Å². The number of hydrogen-bond donors (Lipinski definition) is 1. The fraction of sp³-hybridized carbons (Fsp3) is 0.467. The van der Waals surface area contributed by atoms with Crippen molar-refractivity contribution in [2.75, 3.05) is 23.4 Å². The first-order valence-electron chi connectivity index (χ1n) is 7.07. The van der Waals surface area contributed by atoms with Gasteiger partial charge < -0.3 is 15.0 Å². The second-order valence-electron chi connectivity index (χ2n) is 5.19. The molecule has 1 unspecified atom stereocenters. The lowest BCUT2D eigenvalue weighted by molar-refractivity contribution is -0.124. The normalized spacial score (nSPS) is 22.3. The zero-order valence-electron chi connectivity index (χ0n) is 11.3. The van der Waals surface area contributed by atoms with Gasteiger partial charge in [-0.3, -0.25) is 9.59 Å². The highest BCUT2D eigenvalue weighted by Crippen LogP contribution is 2.23. The predicted octanol–water partition coefficient (Wildman–Crippen LogP) is 1.93. The van der Waals surface area contributed by atoms with E-state index in [1.54, 1.807) is 4.90 Å². The zero-order valence-corrected chi connectivity index (χ0v) is 11.3. The van der Waals surface area contributed by atoms with Crippen molar-refractivity contribution >= 4 is 23.2 Å². The number of carbonyl (C=O) groups excluding carboxylic acids is 2. The maximum Gasteiger partial charge on any atom is 0.253 e. The van der Waals surface area contributed by atoms with Gasteiger partial charge in [0.25, 0.3) is 5.91 Å². The summed E-state index contributed by atoms with van der Waals surface area (Å²) in [6, 6.07) is 7.39. The first-order valence-corrected chi connectivity index (χ1v) is 7.07. The molecule has 1 atom stereocenters. The molecule has 2 aliphatic heterocycles. The number of amides is 2. The third-order valence-electron chi connectivity index (χ3n) is 3.74. The molecule has 2 aliphatic rings. The van der Waals surface area contributed by atoms with Gasteiger partial charge in [-0.2, -0.15) is 0 Å². The van der Waals surface area contributed by atoms with Crippen molar-refractivity contribution in [3.05, 3.63) is 24.3 Å². The van der Waals surface area contributed by atoms with Crippen LogP contribution in [0.25, 0.3) is 0 Å². The van der Waals surface area contributed by atoms with Gasteiger partial charge in [0, 0.05) is 30.9 Å². The Morgan fingerprint density at radius 3 is 2.65 bits per heavy atom. The average molecular weight is 274 g/mol. The molecule has 1 N–H and O–H groups in total. The maximum absolute atomic E-state index is 11.9. The Bertz CT molecular complexity index is 506. The lowest BCUT2D eigenvalue weighted by Gasteiger charge is -2.16. The summed E-state index contributed by atoms with van der Waals surface area (Å²) in [6.07, 6.45) is 2.93. The van der Waals surface area contributed by atoms with E-state index >= 15 is 0 Å². The molecule has 5 nitrogen and oxygen atoms in total. The highest BCUT2D eigenvalue weighted by atomic mass is 16.5. The van der Waals surface area contributed by atoms with Crippen molar-refractivity contribution in [3.8, 4) is 0 Å². The summed E-state index contributed by atoms with van der Waals surface area (Å²) in [5.41, 5.74) is 1.63. The quantitative estimate of drug-likeness (QED) is 0.916. The monoisotopic (exact) mass is 274 g/mol. The molecule has 2 heterocycles. The molecule has 0 bridgehead atoms. The van der Waals surface area contributed by atoms with Crippen LogP contribution in [0.3, 0.4) is 0 Å². The van der Waals surface area contributed by atoms with Gasteiger partial charge in [-0.05, 0) is 43.5 Å². The van der Waals surface area contributed by atoms with E-state index in [1.807, 2.05) is 24.3 Å². The van der Waals surface area contributed by atoms with E-state index in [2.05, 4.69) is 5.32 Å². The molecule has 106 valence electrons. The highest BCUT2D eigenvalue weighted by molar-refractivity contribution is 5.96. The van der Waals surface area contributed by atoms with E-state index in [1.165, 1.54) is 0 Å². The van der Waals surface area contributed by atoms with E-state index < -0.39 is 0 Å². The number of hydrogen-bond acceptors (Lipinski definition) is 3. The molecule has 5 heteroatoms. The molecule has 0 aromatic heterocycles. The first kappa shape index (κ1) is 13.1. The van der Waals surface area contributed by atoms with E-state index in [9.17, 15) is 9.59 Å². The van der Waals surface area contributed by atoms with E-state index in [0.717, 1.165) is 37.2 Å². The Morgan fingerprint density at radius 2 is 2.05 bits per heavy atom. The zero-order chi connectivity index (χ0) is 13.9. The summed E-state index contributed by atoms with van der Waals surface area (Å²) in [4.78, 5) is 25.3. The molecule has 20 heavy (non-hydrogen) atoms. The van der Waals surface area contributed by atoms with Crippen LogP contribution in [0.1, 0.15) is 25.7 Å². The number of nitrogens with zero attached hydrogens (tertiary/aromatic N) is 1. The summed E-state index contributed by atoms with van der Waals surface area (Å²) < 4.78 is 5.34. The maximum atomic E-state index is 11.9. The molecule has 1 aromatic rings. The first-order chi connectivity index (χ1) is 9.74. The smallest absolute Gasteiger partial charge is 0.253 e. The molecule has 0 saturated carbocycles. The number of rotatable bonds is 3. The molecule has 3 rings (SSSR count). The SMILES string of the molecule is O=C(Nc1ccc(N2CCCC2=O)cc1)C1CCCO1. The number of ether oxygens (including phenoxy) is 1. The lowest BCUT2D eigenvalue weighted by Crippen LogP contribution is -2.27. The molecular formula is C15H18N2O3. The molecule has 2 saturated heterocycles. The van der Waals surface area contributed by atoms with E-state index in [-0.39, 0.29) is 17.9 Å². The van der Waals surface area contributed by atoms with Crippen molar-refractivity contribution in [1.82, 2.24) is 0 Å². The molecule has 0 aliphatic carbocycles. The average Bonchev–Trinajstić information content (AvgIpc) is 3.11. The van der Waals surface area contributed by atoms with Gasteiger partial charge in [-0.1, -0.05) is 0 Å². The van der Waals surface area contributed by atoms with Crippen molar-refractivity contribution in [1.29, 1.82) is 0 Å². The minimum Gasteiger partial charge on any atom is -0.368 e. The Balaban J connectivity index is 1.63. The molecule has 0 spiro atoms. The molecule has 2 fully saturated rings. The molecular weight excluding hydrogens is 256 g/mol. The summed E-state index contributed by atoms with van der Waals surface area (Å²) in [5, 5.41) is 2.85. The van der Waals surface area contributed by atoms with Gasteiger partial charge in [0.15, 0.2) is 0 Å². The second-order valence-corrected chi connectivity index (χ2v) is 5.19. The lowest BCUT2D eigenvalue weighted by atomic mass is 10.2. The number of carbonyl (C=O) groups is 2. The standard InChI is InChI=1S/C15H18N2O3/c18-14-4-1-9-17(14)12-7-5-11(6-8-12)16-15(19)13-3-2-10-20-13/h5-8,13H,1-4,9-10H2,(H,16,19). The third kappa shape index (κ3) is 2.67. The van der Waals surface area contributed by atoms with Crippen molar-refractivity contribution < 1.29 is 14.3 Å². The van der Waals surface area contributed by atoms with E-state index in [4.69, 9.17) is 4.74 Å². The number of anilines is 2. The molecule has 1 aromatic carbocycles. The second kappa shape index (κ2) is 5.63. The molecule has 2 amide bonds. The topological polar surface area (TPSA) is 58.6 Å². The molecule has 0 radical (unpaired) electrons.